The molecule has 4 unspecified atom stereocenters. The summed E-state index contributed by atoms with van der Waals surface area (Å²) in [7, 11) is 2.13. The minimum absolute atomic E-state index is 0.259. The molecule has 21 heavy (non-hydrogen) atoms. The normalized spacial score (nSPS) is 43.3. The number of likely N-dealkylation sites (N-methyl/N-ethyl adjacent to an activating group) is 1. The summed E-state index contributed by atoms with van der Waals surface area (Å²) in [4.78, 5) is 2.83. The zero-order valence-corrected chi connectivity index (χ0v) is 13.4. The quantitative estimate of drug-likeness (QED) is 0.846. The van der Waals surface area contributed by atoms with Gasteiger partial charge in [0.15, 0.2) is 5.79 Å². The molecule has 120 valence electrons. The highest BCUT2D eigenvalue weighted by atomic mass is 16.7. The van der Waals surface area contributed by atoms with Gasteiger partial charge in [-0.15, -0.1) is 0 Å². The van der Waals surface area contributed by atoms with Crippen molar-refractivity contribution < 1.29 is 9.47 Å². The maximum Gasteiger partial charge on any atom is 0.170 e. The lowest BCUT2D eigenvalue weighted by atomic mass is 9.81. The van der Waals surface area contributed by atoms with Gasteiger partial charge in [-0.2, -0.15) is 0 Å². The van der Waals surface area contributed by atoms with E-state index >= 15 is 0 Å². The Balaban J connectivity index is 1.52. The van der Waals surface area contributed by atoms with Crippen molar-refractivity contribution in [3.63, 3.8) is 0 Å². The molecule has 4 nitrogen and oxygen atoms in total. The van der Waals surface area contributed by atoms with Gasteiger partial charge in [0.25, 0.3) is 0 Å². The van der Waals surface area contributed by atoms with Crippen LogP contribution in [-0.4, -0.2) is 55.6 Å². The van der Waals surface area contributed by atoms with Crippen molar-refractivity contribution in [3.05, 3.63) is 0 Å². The topological polar surface area (TPSA) is 33.7 Å². The Hall–Kier alpha value is -0.160. The number of rotatable bonds is 2. The molecule has 0 aromatic rings. The Labute approximate surface area is 128 Å². The maximum absolute atomic E-state index is 6.02. The predicted octanol–water partition coefficient (Wildman–Crippen LogP) is 2.13. The lowest BCUT2D eigenvalue weighted by Gasteiger charge is -2.47. The summed E-state index contributed by atoms with van der Waals surface area (Å²) < 4.78 is 12.0. The zero-order chi connectivity index (χ0) is 14.3. The molecule has 2 heterocycles. The lowest BCUT2D eigenvalue weighted by Crippen LogP contribution is -2.58. The summed E-state index contributed by atoms with van der Waals surface area (Å²) >= 11 is 0. The molecule has 2 aliphatic carbocycles. The number of nitrogens with one attached hydrogen (secondary N) is 1. The first kappa shape index (κ1) is 14.4. The number of nitrogens with zero attached hydrogens (tertiary/aromatic N) is 1. The maximum atomic E-state index is 6.02. The van der Waals surface area contributed by atoms with Crippen molar-refractivity contribution in [2.45, 2.75) is 75.3 Å². The van der Waals surface area contributed by atoms with Crippen LogP contribution < -0.4 is 5.32 Å². The summed E-state index contributed by atoms with van der Waals surface area (Å²) in [6, 6.07) is 2.02. The molecule has 0 amide bonds. The third-order valence-electron chi connectivity index (χ3n) is 6.48. The molecule has 2 saturated carbocycles. The van der Waals surface area contributed by atoms with E-state index in [2.05, 4.69) is 17.3 Å². The summed E-state index contributed by atoms with van der Waals surface area (Å²) in [5, 5.41) is 3.58. The second-order valence-corrected chi connectivity index (χ2v) is 7.45. The second kappa shape index (κ2) is 5.80. The summed E-state index contributed by atoms with van der Waals surface area (Å²) in [6.07, 6.45) is 10.4. The summed E-state index contributed by atoms with van der Waals surface area (Å²) in [5.41, 5.74) is 0. The fraction of sp³-hybridized carbons (Fsp3) is 1.00. The first-order chi connectivity index (χ1) is 10.3. The van der Waals surface area contributed by atoms with Crippen LogP contribution in [0.15, 0.2) is 0 Å². The Kier molecular flexibility index (Phi) is 3.99. The number of likely N-dealkylation sites (tertiary alicyclic amines) is 1. The van der Waals surface area contributed by atoms with E-state index in [-0.39, 0.29) is 5.79 Å². The van der Waals surface area contributed by atoms with Crippen LogP contribution in [0, 0.1) is 5.92 Å². The number of hydrogen-bond acceptors (Lipinski definition) is 4. The summed E-state index contributed by atoms with van der Waals surface area (Å²) in [6.45, 7) is 2.85. The first-order valence-electron chi connectivity index (χ1n) is 9.02. The van der Waals surface area contributed by atoms with Gasteiger partial charge < -0.3 is 14.8 Å². The standard InChI is InChI=1S/C17H30N2O2/c1-18-14-6-8-17(20-10-11-21-17)12-16(14)19-9-7-13-4-2-3-5-15(13)19/h13-16,18H,2-12H2,1H3. The second-order valence-electron chi connectivity index (χ2n) is 7.45. The SMILES string of the molecule is CNC1CCC2(CC1N1CCC3CCCCC31)OCCO2. The van der Waals surface area contributed by atoms with Gasteiger partial charge in [0, 0.05) is 31.0 Å². The van der Waals surface area contributed by atoms with E-state index in [1.807, 2.05) is 0 Å². The molecule has 4 heteroatoms. The van der Waals surface area contributed by atoms with Crippen LogP contribution >= 0.6 is 0 Å². The molecule has 0 aromatic carbocycles. The van der Waals surface area contributed by atoms with Crippen molar-refractivity contribution in [1.29, 1.82) is 0 Å². The molecule has 2 aliphatic heterocycles. The van der Waals surface area contributed by atoms with E-state index in [4.69, 9.17) is 9.47 Å². The lowest BCUT2D eigenvalue weighted by molar-refractivity contribution is -0.194. The van der Waals surface area contributed by atoms with Crippen molar-refractivity contribution in [2.24, 2.45) is 5.92 Å². The van der Waals surface area contributed by atoms with Gasteiger partial charge in [0.2, 0.25) is 0 Å². The van der Waals surface area contributed by atoms with E-state index in [1.165, 1.54) is 45.1 Å². The average Bonchev–Trinajstić information content (AvgIpc) is 3.14. The van der Waals surface area contributed by atoms with Gasteiger partial charge in [-0.25, -0.2) is 0 Å². The van der Waals surface area contributed by atoms with Crippen LogP contribution in [0.5, 0.6) is 0 Å². The van der Waals surface area contributed by atoms with E-state index in [1.54, 1.807) is 0 Å². The molecular weight excluding hydrogens is 264 g/mol. The van der Waals surface area contributed by atoms with Crippen molar-refractivity contribution >= 4 is 0 Å². The molecule has 4 atom stereocenters. The Morgan fingerprint density at radius 1 is 1.00 bits per heavy atom. The molecular formula is C17H30N2O2. The molecule has 1 spiro atoms. The summed E-state index contributed by atoms with van der Waals surface area (Å²) in [5.74, 6) is 0.699. The van der Waals surface area contributed by atoms with E-state index in [0.29, 0.717) is 12.1 Å². The highest BCUT2D eigenvalue weighted by Gasteiger charge is 2.49. The molecule has 2 saturated heterocycles. The smallest absolute Gasteiger partial charge is 0.170 e. The number of ether oxygens (including phenoxy) is 2. The molecule has 0 aromatic heterocycles. The predicted molar refractivity (Wildman–Crippen MR) is 82.2 cm³/mol. The number of fused-ring (bicyclic) bond motifs is 1. The van der Waals surface area contributed by atoms with E-state index in [0.717, 1.165) is 38.0 Å². The van der Waals surface area contributed by atoms with Gasteiger partial charge in [-0.05, 0) is 45.2 Å². The number of hydrogen-bond donors (Lipinski definition) is 1. The van der Waals surface area contributed by atoms with Crippen LogP contribution in [0.3, 0.4) is 0 Å². The van der Waals surface area contributed by atoms with Crippen LogP contribution in [-0.2, 0) is 9.47 Å². The Morgan fingerprint density at radius 2 is 1.81 bits per heavy atom. The Morgan fingerprint density at radius 3 is 2.62 bits per heavy atom. The van der Waals surface area contributed by atoms with Crippen molar-refractivity contribution in [2.75, 3.05) is 26.8 Å². The van der Waals surface area contributed by atoms with Crippen LogP contribution in [0.2, 0.25) is 0 Å². The molecule has 4 fully saturated rings. The van der Waals surface area contributed by atoms with Crippen LogP contribution in [0.4, 0.5) is 0 Å². The highest BCUT2D eigenvalue weighted by molar-refractivity contribution is 5.01. The van der Waals surface area contributed by atoms with Gasteiger partial charge in [-0.1, -0.05) is 12.8 Å². The molecule has 0 radical (unpaired) electrons. The van der Waals surface area contributed by atoms with Crippen LogP contribution in [0.25, 0.3) is 0 Å². The van der Waals surface area contributed by atoms with Gasteiger partial charge in [-0.3, -0.25) is 4.90 Å². The fourth-order valence-corrected chi connectivity index (χ4v) is 5.43. The van der Waals surface area contributed by atoms with E-state index < -0.39 is 0 Å². The third kappa shape index (κ3) is 2.54. The van der Waals surface area contributed by atoms with Crippen LogP contribution in [0.1, 0.15) is 51.4 Å². The van der Waals surface area contributed by atoms with Gasteiger partial charge in [0.1, 0.15) is 0 Å². The minimum Gasteiger partial charge on any atom is -0.347 e. The average molecular weight is 294 g/mol. The van der Waals surface area contributed by atoms with Crippen molar-refractivity contribution in [1.82, 2.24) is 10.2 Å². The fourth-order valence-electron chi connectivity index (χ4n) is 5.43. The highest BCUT2D eigenvalue weighted by Crippen LogP contribution is 2.43. The van der Waals surface area contributed by atoms with Crippen molar-refractivity contribution in [3.8, 4) is 0 Å². The van der Waals surface area contributed by atoms with Gasteiger partial charge in [0.05, 0.1) is 13.2 Å². The minimum atomic E-state index is -0.259. The third-order valence-corrected chi connectivity index (χ3v) is 6.48. The zero-order valence-electron chi connectivity index (χ0n) is 13.4. The van der Waals surface area contributed by atoms with E-state index in [9.17, 15) is 0 Å². The largest absolute Gasteiger partial charge is 0.347 e. The molecule has 4 rings (SSSR count). The molecule has 0 bridgehead atoms. The molecule has 4 aliphatic rings. The first-order valence-corrected chi connectivity index (χ1v) is 9.02. The van der Waals surface area contributed by atoms with Gasteiger partial charge >= 0.3 is 0 Å². The monoisotopic (exact) mass is 294 g/mol. The molecule has 1 N–H and O–H groups in total. The Bertz CT molecular complexity index is 370.